The summed E-state index contributed by atoms with van der Waals surface area (Å²) in [5, 5.41) is 9.03. The van der Waals surface area contributed by atoms with Crippen LogP contribution in [0.5, 0.6) is 0 Å². The standard InChI is InChI=1S/C12H12F2O2/c1-7-3-4-8(2)9(5-7)11(10(15)16)6-12(11,13)14/h3-5H,6H2,1-2H3,(H,15,16). The lowest BCUT2D eigenvalue weighted by atomic mass is 9.90. The summed E-state index contributed by atoms with van der Waals surface area (Å²) in [6, 6.07) is 5.02. The summed E-state index contributed by atoms with van der Waals surface area (Å²) in [6.07, 6.45) is -0.598. The Balaban J connectivity index is 2.59. The van der Waals surface area contributed by atoms with Crippen LogP contribution in [-0.4, -0.2) is 17.0 Å². The van der Waals surface area contributed by atoms with Gasteiger partial charge >= 0.3 is 5.97 Å². The van der Waals surface area contributed by atoms with E-state index in [0.29, 0.717) is 5.56 Å². The number of aliphatic carboxylic acids is 1. The fourth-order valence-corrected chi connectivity index (χ4v) is 2.12. The molecule has 0 aliphatic heterocycles. The SMILES string of the molecule is Cc1ccc(C)c(C2(C(=O)O)CC2(F)F)c1. The molecule has 1 aliphatic rings. The van der Waals surface area contributed by atoms with Gasteiger partial charge in [-0.15, -0.1) is 0 Å². The summed E-state index contributed by atoms with van der Waals surface area (Å²) in [6.45, 7) is 3.42. The smallest absolute Gasteiger partial charge is 0.320 e. The molecule has 2 rings (SSSR count). The molecule has 0 aromatic heterocycles. The molecular weight excluding hydrogens is 214 g/mol. The second kappa shape index (κ2) is 3.03. The number of hydrogen-bond acceptors (Lipinski definition) is 1. The van der Waals surface area contributed by atoms with Crippen LogP contribution >= 0.6 is 0 Å². The van der Waals surface area contributed by atoms with Crippen molar-refractivity contribution in [3.63, 3.8) is 0 Å². The van der Waals surface area contributed by atoms with Crippen molar-refractivity contribution < 1.29 is 18.7 Å². The van der Waals surface area contributed by atoms with Crippen LogP contribution < -0.4 is 0 Å². The molecule has 1 atom stereocenters. The van der Waals surface area contributed by atoms with Gasteiger partial charge in [0.25, 0.3) is 5.92 Å². The zero-order chi connectivity index (χ0) is 12.1. The number of rotatable bonds is 2. The van der Waals surface area contributed by atoms with Gasteiger partial charge in [-0.3, -0.25) is 4.79 Å². The number of aryl methyl sites for hydroxylation is 2. The lowest BCUT2D eigenvalue weighted by molar-refractivity contribution is -0.143. The Hall–Kier alpha value is -1.45. The van der Waals surface area contributed by atoms with Gasteiger partial charge in [0, 0.05) is 6.42 Å². The van der Waals surface area contributed by atoms with E-state index in [0.717, 1.165) is 5.56 Å². The molecule has 1 aromatic rings. The van der Waals surface area contributed by atoms with Gasteiger partial charge < -0.3 is 5.11 Å². The average Bonchev–Trinajstić information content (AvgIpc) is 2.75. The summed E-state index contributed by atoms with van der Waals surface area (Å²) in [5.41, 5.74) is -0.359. The van der Waals surface area contributed by atoms with Gasteiger partial charge in [0.2, 0.25) is 0 Å². The number of halogens is 2. The van der Waals surface area contributed by atoms with Crippen LogP contribution in [0.4, 0.5) is 8.78 Å². The van der Waals surface area contributed by atoms with Crippen molar-refractivity contribution in [2.75, 3.05) is 0 Å². The predicted octanol–water partition coefficient (Wildman–Crippen LogP) is 2.66. The molecule has 1 fully saturated rings. The number of benzene rings is 1. The van der Waals surface area contributed by atoms with Crippen LogP contribution in [-0.2, 0) is 10.2 Å². The molecule has 0 heterocycles. The highest BCUT2D eigenvalue weighted by Crippen LogP contribution is 2.62. The Kier molecular flexibility index (Phi) is 2.09. The Bertz CT molecular complexity index is 468. The minimum Gasteiger partial charge on any atom is -0.480 e. The van der Waals surface area contributed by atoms with Crippen LogP contribution in [0.25, 0.3) is 0 Å². The molecule has 0 spiro atoms. The Morgan fingerprint density at radius 1 is 1.38 bits per heavy atom. The highest BCUT2D eigenvalue weighted by atomic mass is 19.3. The normalized spacial score (nSPS) is 26.5. The zero-order valence-electron chi connectivity index (χ0n) is 9.05. The van der Waals surface area contributed by atoms with Crippen molar-refractivity contribution in [2.45, 2.75) is 31.6 Å². The molecule has 1 aliphatic carbocycles. The maximum atomic E-state index is 13.3. The fraction of sp³-hybridized carbons (Fsp3) is 0.417. The molecule has 1 aromatic carbocycles. The molecule has 1 N–H and O–H groups in total. The first kappa shape index (κ1) is 11.0. The monoisotopic (exact) mass is 226 g/mol. The van der Waals surface area contributed by atoms with Crippen molar-refractivity contribution >= 4 is 5.97 Å². The van der Waals surface area contributed by atoms with Crippen molar-refractivity contribution in [3.8, 4) is 0 Å². The summed E-state index contributed by atoms with van der Waals surface area (Å²) >= 11 is 0. The van der Waals surface area contributed by atoms with Crippen LogP contribution in [0.1, 0.15) is 23.1 Å². The lowest BCUT2D eigenvalue weighted by Gasteiger charge is -2.15. The topological polar surface area (TPSA) is 37.3 Å². The van der Waals surface area contributed by atoms with Gasteiger partial charge in [0.15, 0.2) is 5.41 Å². The first-order valence-corrected chi connectivity index (χ1v) is 5.00. The molecule has 0 bridgehead atoms. The van der Waals surface area contributed by atoms with Crippen molar-refractivity contribution in [1.82, 2.24) is 0 Å². The fourth-order valence-electron chi connectivity index (χ4n) is 2.12. The number of carbonyl (C=O) groups is 1. The van der Waals surface area contributed by atoms with Crippen LogP contribution in [0.15, 0.2) is 18.2 Å². The summed E-state index contributed by atoms with van der Waals surface area (Å²) in [7, 11) is 0. The van der Waals surface area contributed by atoms with E-state index in [9.17, 15) is 13.6 Å². The predicted molar refractivity (Wildman–Crippen MR) is 54.8 cm³/mol. The Labute approximate surface area is 91.9 Å². The van der Waals surface area contributed by atoms with Gasteiger partial charge in [0.05, 0.1) is 0 Å². The van der Waals surface area contributed by atoms with Gasteiger partial charge in [-0.25, -0.2) is 8.78 Å². The van der Waals surface area contributed by atoms with E-state index in [-0.39, 0.29) is 5.56 Å². The van der Waals surface area contributed by atoms with E-state index in [1.807, 2.05) is 0 Å². The van der Waals surface area contributed by atoms with Crippen molar-refractivity contribution in [1.29, 1.82) is 0 Å². The molecule has 2 nitrogen and oxygen atoms in total. The second-order valence-corrected chi connectivity index (χ2v) is 4.41. The van der Waals surface area contributed by atoms with E-state index in [4.69, 9.17) is 5.11 Å². The van der Waals surface area contributed by atoms with E-state index >= 15 is 0 Å². The maximum absolute atomic E-state index is 13.3. The van der Waals surface area contributed by atoms with E-state index in [1.54, 1.807) is 32.0 Å². The van der Waals surface area contributed by atoms with Crippen molar-refractivity contribution in [3.05, 3.63) is 34.9 Å². The van der Waals surface area contributed by atoms with Gasteiger partial charge in [-0.1, -0.05) is 23.8 Å². The van der Waals surface area contributed by atoms with Gasteiger partial charge in [-0.2, -0.15) is 0 Å². The molecule has 4 heteroatoms. The molecule has 0 radical (unpaired) electrons. The number of carboxylic acid groups (broad SMARTS) is 1. The zero-order valence-corrected chi connectivity index (χ0v) is 9.05. The third kappa shape index (κ3) is 1.25. The lowest BCUT2D eigenvalue weighted by Crippen LogP contribution is -2.28. The highest BCUT2D eigenvalue weighted by Gasteiger charge is 2.77. The minimum absolute atomic E-state index is 0.241. The molecule has 86 valence electrons. The third-order valence-corrected chi connectivity index (χ3v) is 3.20. The number of alkyl halides is 2. The second-order valence-electron chi connectivity index (χ2n) is 4.41. The first-order chi connectivity index (χ1) is 7.31. The van der Waals surface area contributed by atoms with Crippen LogP contribution in [0, 0.1) is 13.8 Å². The third-order valence-electron chi connectivity index (χ3n) is 3.20. The molecule has 0 amide bonds. The first-order valence-electron chi connectivity index (χ1n) is 5.00. The van der Waals surface area contributed by atoms with E-state index in [2.05, 4.69) is 0 Å². The van der Waals surface area contributed by atoms with E-state index < -0.39 is 23.7 Å². The largest absolute Gasteiger partial charge is 0.480 e. The van der Waals surface area contributed by atoms with E-state index in [1.165, 1.54) is 0 Å². The molecular formula is C12H12F2O2. The van der Waals surface area contributed by atoms with Crippen molar-refractivity contribution in [2.24, 2.45) is 0 Å². The summed E-state index contributed by atoms with van der Waals surface area (Å²) in [5.74, 6) is -4.57. The molecule has 1 unspecified atom stereocenters. The van der Waals surface area contributed by atoms with Crippen LogP contribution in [0.2, 0.25) is 0 Å². The molecule has 16 heavy (non-hydrogen) atoms. The molecule has 1 saturated carbocycles. The summed E-state index contributed by atoms with van der Waals surface area (Å²) < 4.78 is 26.6. The number of hydrogen-bond donors (Lipinski definition) is 1. The van der Waals surface area contributed by atoms with Gasteiger partial charge in [-0.05, 0) is 25.0 Å². The Morgan fingerprint density at radius 3 is 2.38 bits per heavy atom. The summed E-state index contributed by atoms with van der Waals surface area (Å²) in [4.78, 5) is 11.1. The number of carboxylic acids is 1. The minimum atomic E-state index is -3.13. The average molecular weight is 226 g/mol. The quantitative estimate of drug-likeness (QED) is 0.841. The highest BCUT2D eigenvalue weighted by molar-refractivity contribution is 5.88. The van der Waals surface area contributed by atoms with Crippen LogP contribution in [0.3, 0.4) is 0 Å². The molecule has 0 saturated heterocycles. The maximum Gasteiger partial charge on any atom is 0.320 e. The Morgan fingerprint density at radius 2 is 1.94 bits per heavy atom. The van der Waals surface area contributed by atoms with Gasteiger partial charge in [0.1, 0.15) is 0 Å².